The van der Waals surface area contributed by atoms with Gasteiger partial charge < -0.3 is 9.80 Å². The van der Waals surface area contributed by atoms with E-state index in [9.17, 15) is 4.79 Å². The normalized spacial score (nSPS) is 21.5. The summed E-state index contributed by atoms with van der Waals surface area (Å²) >= 11 is 0. The van der Waals surface area contributed by atoms with E-state index in [1.54, 1.807) is 23.4 Å². The maximum Gasteiger partial charge on any atom is 0.291 e. The Labute approximate surface area is 128 Å². The number of likely N-dealkylation sites (tertiary alicyclic amines) is 1. The highest BCUT2D eigenvalue weighted by molar-refractivity contribution is 5.90. The van der Waals surface area contributed by atoms with E-state index in [1.807, 2.05) is 31.9 Å². The van der Waals surface area contributed by atoms with Crippen LogP contribution in [0.5, 0.6) is 0 Å². The molecule has 8 heteroatoms. The van der Waals surface area contributed by atoms with Crippen molar-refractivity contribution in [2.45, 2.75) is 19.0 Å². The van der Waals surface area contributed by atoms with Crippen LogP contribution in [0.3, 0.4) is 0 Å². The third-order valence-electron chi connectivity index (χ3n) is 3.98. The molecule has 0 saturated carbocycles. The van der Waals surface area contributed by atoms with Gasteiger partial charge in [-0.05, 0) is 27.1 Å². The number of amides is 1. The van der Waals surface area contributed by atoms with Crippen LogP contribution >= 0.6 is 0 Å². The molecule has 3 rings (SSSR count). The summed E-state index contributed by atoms with van der Waals surface area (Å²) in [6.45, 7) is 3.04. The lowest BCUT2D eigenvalue weighted by Crippen LogP contribution is -2.37. The van der Waals surface area contributed by atoms with Crippen LogP contribution < -0.4 is 0 Å². The summed E-state index contributed by atoms with van der Waals surface area (Å²) in [6, 6.07) is 2.03. The molecule has 22 heavy (non-hydrogen) atoms. The molecule has 0 bridgehead atoms. The van der Waals surface area contributed by atoms with Gasteiger partial charge in [-0.2, -0.15) is 0 Å². The first kappa shape index (κ1) is 14.6. The summed E-state index contributed by atoms with van der Waals surface area (Å²) in [5.41, 5.74) is 0.787. The quantitative estimate of drug-likeness (QED) is 0.794. The van der Waals surface area contributed by atoms with Gasteiger partial charge in [0, 0.05) is 31.2 Å². The lowest BCUT2D eigenvalue weighted by atomic mass is 10.1. The third kappa shape index (κ3) is 2.69. The van der Waals surface area contributed by atoms with Crippen LogP contribution in [0.4, 0.5) is 0 Å². The molecular weight excluding hydrogens is 282 g/mol. The fourth-order valence-corrected chi connectivity index (χ4v) is 2.79. The second-order valence-electron chi connectivity index (χ2n) is 5.71. The molecule has 0 spiro atoms. The van der Waals surface area contributed by atoms with Crippen LogP contribution in [0.15, 0.2) is 24.7 Å². The first-order valence-corrected chi connectivity index (χ1v) is 7.17. The van der Waals surface area contributed by atoms with Crippen molar-refractivity contribution in [1.82, 2.24) is 34.8 Å². The topological polar surface area (TPSA) is 80.0 Å². The summed E-state index contributed by atoms with van der Waals surface area (Å²) < 4.78 is 1.81. The highest BCUT2D eigenvalue weighted by atomic mass is 16.2. The van der Waals surface area contributed by atoms with E-state index in [4.69, 9.17) is 0 Å². The Bertz CT molecular complexity index is 655. The molecule has 1 aliphatic heterocycles. The van der Waals surface area contributed by atoms with Crippen molar-refractivity contribution in [3.63, 3.8) is 0 Å². The molecule has 0 aromatic carbocycles. The molecule has 1 amide bonds. The van der Waals surface area contributed by atoms with Gasteiger partial charge in [-0.25, -0.2) is 14.6 Å². The highest BCUT2D eigenvalue weighted by Gasteiger charge is 2.39. The molecule has 0 aliphatic carbocycles. The van der Waals surface area contributed by atoms with E-state index in [1.165, 1.54) is 0 Å². The standard InChI is InChI=1S/C14H19N7O/c1-10-4-5-15-13(17-10)14(22)20-8-11(19(2)3)12(9-20)21-7-6-16-18-21/h4-7,11-12H,8-9H2,1-3H3/t11-,12+/m1/s1. The third-order valence-corrected chi connectivity index (χ3v) is 3.98. The Morgan fingerprint density at radius 3 is 2.77 bits per heavy atom. The van der Waals surface area contributed by atoms with Crippen molar-refractivity contribution < 1.29 is 4.79 Å². The fraction of sp³-hybridized carbons (Fsp3) is 0.500. The number of hydrogen-bond donors (Lipinski definition) is 0. The average Bonchev–Trinajstić information content (AvgIpc) is 3.15. The van der Waals surface area contributed by atoms with Gasteiger partial charge in [0.2, 0.25) is 5.82 Å². The number of aryl methyl sites for hydroxylation is 1. The van der Waals surface area contributed by atoms with Crippen molar-refractivity contribution in [1.29, 1.82) is 0 Å². The number of rotatable bonds is 3. The van der Waals surface area contributed by atoms with E-state index in [2.05, 4.69) is 25.2 Å². The second kappa shape index (κ2) is 5.80. The minimum Gasteiger partial charge on any atom is -0.332 e. The number of likely N-dealkylation sites (N-methyl/N-ethyl adjacent to an activating group) is 1. The highest BCUT2D eigenvalue weighted by Crippen LogP contribution is 2.25. The fourth-order valence-electron chi connectivity index (χ4n) is 2.79. The summed E-state index contributed by atoms with van der Waals surface area (Å²) in [7, 11) is 4.01. The van der Waals surface area contributed by atoms with E-state index in [0.29, 0.717) is 13.1 Å². The number of carbonyl (C=O) groups is 1. The second-order valence-corrected chi connectivity index (χ2v) is 5.71. The van der Waals surface area contributed by atoms with E-state index in [-0.39, 0.29) is 23.8 Å². The molecule has 0 unspecified atom stereocenters. The lowest BCUT2D eigenvalue weighted by Gasteiger charge is -2.24. The monoisotopic (exact) mass is 301 g/mol. The maximum atomic E-state index is 12.6. The Hall–Kier alpha value is -2.35. The SMILES string of the molecule is Cc1ccnc(C(=O)N2C[C@@H](N(C)C)[C@@H](n3ccnn3)C2)n1. The van der Waals surface area contributed by atoms with Crippen molar-refractivity contribution in [3.8, 4) is 0 Å². The summed E-state index contributed by atoms with van der Waals surface area (Å²) in [4.78, 5) is 24.8. The molecule has 2 atom stereocenters. The molecule has 3 heterocycles. The zero-order valence-corrected chi connectivity index (χ0v) is 12.9. The first-order valence-electron chi connectivity index (χ1n) is 7.17. The summed E-state index contributed by atoms with van der Waals surface area (Å²) in [6.07, 6.45) is 5.10. The average molecular weight is 301 g/mol. The van der Waals surface area contributed by atoms with E-state index in [0.717, 1.165) is 5.69 Å². The summed E-state index contributed by atoms with van der Waals surface area (Å²) in [5.74, 6) is 0.106. The minimum atomic E-state index is -0.141. The number of aromatic nitrogens is 5. The molecule has 116 valence electrons. The van der Waals surface area contributed by atoms with Gasteiger partial charge in [0.1, 0.15) is 0 Å². The minimum absolute atomic E-state index is 0.0752. The van der Waals surface area contributed by atoms with Gasteiger partial charge in [0.25, 0.3) is 5.91 Å². The van der Waals surface area contributed by atoms with Crippen LogP contribution in [0, 0.1) is 6.92 Å². The van der Waals surface area contributed by atoms with Crippen LogP contribution in [0.1, 0.15) is 22.4 Å². The van der Waals surface area contributed by atoms with Crippen LogP contribution in [0.25, 0.3) is 0 Å². The van der Waals surface area contributed by atoms with Gasteiger partial charge in [0.05, 0.1) is 18.3 Å². The van der Waals surface area contributed by atoms with Crippen molar-refractivity contribution in [2.75, 3.05) is 27.2 Å². The smallest absolute Gasteiger partial charge is 0.291 e. The van der Waals surface area contributed by atoms with Crippen LogP contribution in [-0.2, 0) is 0 Å². The molecule has 8 nitrogen and oxygen atoms in total. The Morgan fingerprint density at radius 1 is 1.32 bits per heavy atom. The van der Waals surface area contributed by atoms with Crippen LogP contribution in [0.2, 0.25) is 0 Å². The zero-order valence-electron chi connectivity index (χ0n) is 12.9. The molecule has 1 saturated heterocycles. The van der Waals surface area contributed by atoms with Crippen molar-refractivity contribution in [3.05, 3.63) is 36.2 Å². The summed E-state index contributed by atoms with van der Waals surface area (Å²) in [5, 5.41) is 7.95. The van der Waals surface area contributed by atoms with Gasteiger partial charge in [-0.15, -0.1) is 5.10 Å². The van der Waals surface area contributed by atoms with Gasteiger partial charge in [-0.3, -0.25) is 4.79 Å². The van der Waals surface area contributed by atoms with E-state index >= 15 is 0 Å². The van der Waals surface area contributed by atoms with Gasteiger partial charge in [-0.1, -0.05) is 5.21 Å². The Kier molecular flexibility index (Phi) is 3.84. The molecule has 0 radical (unpaired) electrons. The molecule has 1 aliphatic rings. The van der Waals surface area contributed by atoms with Crippen LogP contribution in [-0.4, -0.2) is 73.9 Å². The molecule has 1 fully saturated rings. The number of carbonyl (C=O) groups excluding carboxylic acids is 1. The Balaban J connectivity index is 1.83. The zero-order chi connectivity index (χ0) is 15.7. The number of nitrogens with zero attached hydrogens (tertiary/aromatic N) is 7. The van der Waals surface area contributed by atoms with Gasteiger partial charge >= 0.3 is 0 Å². The molecule has 2 aromatic heterocycles. The first-order chi connectivity index (χ1) is 10.6. The predicted octanol–water partition coefficient (Wildman–Crippen LogP) is 0.00382. The lowest BCUT2D eigenvalue weighted by molar-refractivity contribution is 0.0768. The molecule has 0 N–H and O–H groups in total. The van der Waals surface area contributed by atoms with Crippen molar-refractivity contribution in [2.24, 2.45) is 0 Å². The Morgan fingerprint density at radius 2 is 2.14 bits per heavy atom. The number of hydrogen-bond acceptors (Lipinski definition) is 6. The largest absolute Gasteiger partial charge is 0.332 e. The van der Waals surface area contributed by atoms with Crippen molar-refractivity contribution >= 4 is 5.91 Å². The molecule has 2 aromatic rings. The predicted molar refractivity (Wildman–Crippen MR) is 79.2 cm³/mol. The van der Waals surface area contributed by atoms with E-state index < -0.39 is 0 Å². The maximum absolute atomic E-state index is 12.6. The molecular formula is C14H19N7O. The van der Waals surface area contributed by atoms with Gasteiger partial charge in [0.15, 0.2) is 0 Å².